The maximum atomic E-state index is 13.8. The summed E-state index contributed by atoms with van der Waals surface area (Å²) in [6.45, 7) is 14.5. The molecule has 0 bridgehead atoms. The molecule has 0 spiro atoms. The van der Waals surface area contributed by atoms with Crippen LogP contribution in [-0.2, 0) is 16.8 Å². The average molecular weight is 581 g/mol. The zero-order valence-electron chi connectivity index (χ0n) is 25.8. The number of aliphatic carboxylic acids is 1. The second-order valence-electron chi connectivity index (χ2n) is 11.3. The molecule has 1 aliphatic heterocycles. The van der Waals surface area contributed by atoms with Gasteiger partial charge in [-0.05, 0) is 62.4 Å². The fourth-order valence-corrected chi connectivity index (χ4v) is 5.09. The van der Waals surface area contributed by atoms with Crippen LogP contribution in [0.15, 0.2) is 24.3 Å². The highest BCUT2D eigenvalue weighted by atomic mass is 16.5. The predicted octanol–water partition coefficient (Wildman–Crippen LogP) is 4.86. The van der Waals surface area contributed by atoms with Crippen LogP contribution < -0.4 is 19.7 Å². The van der Waals surface area contributed by atoms with Gasteiger partial charge in [0.1, 0.15) is 17.3 Å². The van der Waals surface area contributed by atoms with E-state index in [0.29, 0.717) is 60.9 Å². The van der Waals surface area contributed by atoms with Crippen molar-refractivity contribution in [2.75, 3.05) is 44.8 Å². The molecule has 0 atom stereocenters. The van der Waals surface area contributed by atoms with E-state index in [9.17, 15) is 14.4 Å². The molecule has 2 aromatic rings. The number of nitrogens with one attached hydrogen (secondary N) is 2. The first-order valence-electron chi connectivity index (χ1n) is 14.5. The molecule has 0 aliphatic carbocycles. The Labute approximate surface area is 248 Å². The van der Waals surface area contributed by atoms with Crippen molar-refractivity contribution in [3.05, 3.63) is 52.1 Å². The third kappa shape index (κ3) is 7.21. The lowest BCUT2D eigenvalue weighted by atomic mass is 9.84. The fraction of sp³-hybridized carbons (Fsp3) is 0.500. The van der Waals surface area contributed by atoms with Gasteiger partial charge in [0, 0.05) is 49.8 Å². The molecule has 10 nitrogen and oxygen atoms in total. The van der Waals surface area contributed by atoms with Gasteiger partial charge in [0.15, 0.2) is 5.78 Å². The Hall–Kier alpha value is -4.08. The zero-order chi connectivity index (χ0) is 31.2. The van der Waals surface area contributed by atoms with Crippen LogP contribution in [0.1, 0.15) is 91.8 Å². The van der Waals surface area contributed by atoms with Crippen molar-refractivity contribution in [3.8, 4) is 11.5 Å². The number of rotatable bonds is 14. The monoisotopic (exact) mass is 580 g/mol. The minimum Gasteiger partial charge on any atom is -0.493 e. The highest BCUT2D eigenvalue weighted by Crippen LogP contribution is 2.41. The molecule has 2 aromatic carbocycles. The molecule has 0 saturated heterocycles. The summed E-state index contributed by atoms with van der Waals surface area (Å²) < 4.78 is 11.9. The van der Waals surface area contributed by atoms with E-state index in [-0.39, 0.29) is 42.5 Å². The van der Waals surface area contributed by atoms with Crippen LogP contribution in [0.4, 0.5) is 5.69 Å². The number of amidine groups is 1. The minimum absolute atomic E-state index is 0.00707. The number of anilines is 1. The minimum atomic E-state index is -0.867. The van der Waals surface area contributed by atoms with Gasteiger partial charge in [-0.15, -0.1) is 0 Å². The van der Waals surface area contributed by atoms with Gasteiger partial charge in [-0.2, -0.15) is 0 Å². The Kier molecular flexibility index (Phi) is 10.6. The molecule has 0 radical (unpaired) electrons. The number of carboxylic acids is 1. The number of carbonyl (C=O) groups is 3. The van der Waals surface area contributed by atoms with Crippen LogP contribution in [0.5, 0.6) is 11.5 Å². The van der Waals surface area contributed by atoms with Crippen molar-refractivity contribution in [3.63, 3.8) is 0 Å². The molecule has 42 heavy (non-hydrogen) atoms. The molecular formula is C32H44N4O6. The summed E-state index contributed by atoms with van der Waals surface area (Å²) in [4.78, 5) is 41.2. The van der Waals surface area contributed by atoms with Crippen LogP contribution in [0.2, 0.25) is 0 Å². The summed E-state index contributed by atoms with van der Waals surface area (Å²) >= 11 is 0. The van der Waals surface area contributed by atoms with Crippen molar-refractivity contribution in [2.45, 2.75) is 66.3 Å². The molecule has 0 saturated carbocycles. The van der Waals surface area contributed by atoms with Crippen LogP contribution in [0.25, 0.3) is 0 Å². The zero-order valence-corrected chi connectivity index (χ0v) is 25.8. The fourth-order valence-electron chi connectivity index (χ4n) is 5.09. The smallest absolute Gasteiger partial charge is 0.303 e. The van der Waals surface area contributed by atoms with E-state index in [2.05, 4.69) is 31.0 Å². The average Bonchev–Trinajstić information content (AvgIpc) is 3.24. The third-order valence-corrected chi connectivity index (χ3v) is 7.33. The number of Topliss-reactive ketones (excluding diaryl/α,β-unsaturated/α-hetero) is 1. The summed E-state index contributed by atoms with van der Waals surface area (Å²) in [6.07, 6.45) is 0.393. The van der Waals surface area contributed by atoms with Crippen LogP contribution in [0, 0.1) is 5.41 Å². The van der Waals surface area contributed by atoms with Crippen LogP contribution in [0.3, 0.4) is 0 Å². The van der Waals surface area contributed by atoms with Gasteiger partial charge in [0.05, 0.1) is 31.0 Å². The lowest BCUT2D eigenvalue weighted by Crippen LogP contribution is -2.31. The molecule has 0 aromatic heterocycles. The first-order valence-corrected chi connectivity index (χ1v) is 14.5. The maximum absolute atomic E-state index is 13.8. The molecule has 228 valence electrons. The second-order valence-corrected chi connectivity index (χ2v) is 11.3. The summed E-state index contributed by atoms with van der Waals surface area (Å²) in [6, 6.07) is 7.17. The number of carbonyl (C=O) groups excluding carboxylic acids is 2. The van der Waals surface area contributed by atoms with Crippen molar-refractivity contribution >= 4 is 29.2 Å². The van der Waals surface area contributed by atoms with E-state index in [0.717, 1.165) is 16.8 Å². The highest BCUT2D eigenvalue weighted by molar-refractivity contribution is 6.08. The molecule has 10 heteroatoms. The van der Waals surface area contributed by atoms with Gasteiger partial charge in [0.2, 0.25) is 0 Å². The normalized spacial score (nSPS) is 12.6. The number of ether oxygens (including phenoxy) is 2. The predicted molar refractivity (Wildman–Crippen MR) is 164 cm³/mol. The first kappa shape index (κ1) is 32.4. The SMILES string of the molecule is CCOc1cc2c(cc1C(=O)NC)C(=N)N(CC(=O)c1cc(N(CC)CC)c(OCCCC(=O)O)c(C(C)(C)C)c1)C2. The molecule has 1 heterocycles. The largest absolute Gasteiger partial charge is 0.493 e. The van der Waals surface area contributed by atoms with Crippen LogP contribution >= 0.6 is 0 Å². The molecular weight excluding hydrogens is 536 g/mol. The Balaban J connectivity index is 1.97. The Morgan fingerprint density at radius 1 is 1.07 bits per heavy atom. The number of ketones is 1. The number of amides is 1. The Bertz CT molecular complexity index is 1340. The first-order chi connectivity index (χ1) is 19.9. The topological polar surface area (TPSA) is 132 Å². The number of nitrogens with zero attached hydrogens (tertiary/aromatic N) is 2. The highest BCUT2D eigenvalue weighted by Gasteiger charge is 2.31. The summed E-state index contributed by atoms with van der Waals surface area (Å²) in [5, 5.41) is 20.5. The van der Waals surface area contributed by atoms with E-state index in [1.54, 1.807) is 24.1 Å². The number of carboxylic acid groups (broad SMARTS) is 1. The number of hydrogen-bond donors (Lipinski definition) is 3. The van der Waals surface area contributed by atoms with Crippen molar-refractivity contribution in [2.24, 2.45) is 0 Å². The summed E-state index contributed by atoms with van der Waals surface area (Å²) in [7, 11) is 1.55. The van der Waals surface area contributed by atoms with Gasteiger partial charge in [-0.1, -0.05) is 20.8 Å². The molecule has 3 N–H and O–H groups in total. The van der Waals surface area contributed by atoms with Gasteiger partial charge >= 0.3 is 5.97 Å². The maximum Gasteiger partial charge on any atom is 0.303 e. The van der Waals surface area contributed by atoms with E-state index in [4.69, 9.17) is 20.0 Å². The lowest BCUT2D eigenvalue weighted by Gasteiger charge is -2.31. The molecule has 3 rings (SSSR count). The van der Waals surface area contributed by atoms with E-state index < -0.39 is 5.97 Å². The Morgan fingerprint density at radius 2 is 1.76 bits per heavy atom. The molecule has 0 unspecified atom stereocenters. The molecule has 0 fully saturated rings. The lowest BCUT2D eigenvalue weighted by molar-refractivity contribution is -0.137. The van der Waals surface area contributed by atoms with E-state index in [1.165, 1.54) is 0 Å². The van der Waals surface area contributed by atoms with Gasteiger partial charge < -0.3 is 29.7 Å². The number of benzene rings is 2. The second kappa shape index (κ2) is 13.7. The number of hydrogen-bond acceptors (Lipinski definition) is 7. The van der Waals surface area contributed by atoms with Gasteiger partial charge in [-0.3, -0.25) is 19.8 Å². The Morgan fingerprint density at radius 3 is 2.33 bits per heavy atom. The van der Waals surface area contributed by atoms with E-state index in [1.807, 2.05) is 32.9 Å². The van der Waals surface area contributed by atoms with E-state index >= 15 is 0 Å². The molecule has 1 aliphatic rings. The van der Waals surface area contributed by atoms with Crippen molar-refractivity contribution < 1.29 is 29.0 Å². The van der Waals surface area contributed by atoms with Crippen molar-refractivity contribution in [1.29, 1.82) is 5.41 Å². The van der Waals surface area contributed by atoms with Gasteiger partial charge in [-0.25, -0.2) is 0 Å². The van der Waals surface area contributed by atoms with Crippen LogP contribution in [-0.4, -0.2) is 73.4 Å². The standard InChI is InChI=1S/C32H44N4O6/c1-8-35(9-2)25-15-20(14-24(32(4,5)6)29(25)42-13-11-12-28(38)39)26(37)19-36-18-21-16-27(41-10-3)23(31(40)34-7)17-22(21)30(36)33/h14-17,33H,8-13,18-19H2,1-7H3,(H,34,40)(H,38,39). The van der Waals surface area contributed by atoms with Crippen molar-refractivity contribution in [1.82, 2.24) is 10.2 Å². The third-order valence-electron chi connectivity index (χ3n) is 7.33. The molecule has 1 amide bonds. The number of fused-ring (bicyclic) bond motifs is 1. The van der Waals surface area contributed by atoms with Gasteiger partial charge in [0.25, 0.3) is 5.91 Å². The summed E-state index contributed by atoms with van der Waals surface area (Å²) in [5.41, 5.74) is 3.60. The quantitative estimate of drug-likeness (QED) is 0.213. The summed E-state index contributed by atoms with van der Waals surface area (Å²) in [5.74, 6) is -0.000111.